The van der Waals surface area contributed by atoms with E-state index in [0.717, 1.165) is 31.9 Å². The molecule has 2 rings (SSSR count). The molecule has 6 heteroatoms. The zero-order valence-corrected chi connectivity index (χ0v) is 12.2. The molecule has 1 aromatic carbocycles. The van der Waals surface area contributed by atoms with E-state index in [0.29, 0.717) is 5.56 Å². The molecule has 1 aromatic rings. The van der Waals surface area contributed by atoms with Crippen molar-refractivity contribution in [2.45, 2.75) is 36.6 Å². The van der Waals surface area contributed by atoms with E-state index in [1.54, 1.807) is 6.07 Å². The molecule has 104 valence electrons. The molecule has 0 atom stereocenters. The maximum Gasteiger partial charge on any atom is 0.251 e. The fourth-order valence-electron chi connectivity index (χ4n) is 2.27. The van der Waals surface area contributed by atoms with Gasteiger partial charge in [0.1, 0.15) is 0 Å². The van der Waals surface area contributed by atoms with Gasteiger partial charge in [0, 0.05) is 17.9 Å². The fraction of sp³-hybridized carbons (Fsp3) is 0.462. The predicted octanol–water partition coefficient (Wildman–Crippen LogP) is 2.42. The lowest BCUT2D eigenvalue weighted by atomic mass is 10.2. The summed E-state index contributed by atoms with van der Waals surface area (Å²) in [6.45, 7) is 0. The topological polar surface area (TPSA) is 63.2 Å². The number of nitrogens with one attached hydrogen (secondary N) is 1. The third-order valence-electron chi connectivity index (χ3n) is 3.28. The summed E-state index contributed by atoms with van der Waals surface area (Å²) in [6, 6.07) is 4.52. The molecule has 0 heterocycles. The molecule has 1 saturated carbocycles. The molecule has 1 aliphatic carbocycles. The summed E-state index contributed by atoms with van der Waals surface area (Å²) in [4.78, 5) is 12.0. The summed E-state index contributed by atoms with van der Waals surface area (Å²) < 4.78 is 23.1. The maximum absolute atomic E-state index is 12.0. The van der Waals surface area contributed by atoms with Gasteiger partial charge in [0.25, 0.3) is 5.91 Å². The number of rotatable bonds is 3. The van der Waals surface area contributed by atoms with Crippen LogP contribution in [0.15, 0.2) is 23.1 Å². The molecule has 1 aliphatic rings. The molecule has 0 radical (unpaired) electrons. The molecule has 1 N–H and O–H groups in total. The van der Waals surface area contributed by atoms with E-state index in [9.17, 15) is 13.2 Å². The van der Waals surface area contributed by atoms with Crippen LogP contribution in [-0.4, -0.2) is 26.6 Å². The fourth-order valence-corrected chi connectivity index (χ4v) is 3.57. The van der Waals surface area contributed by atoms with E-state index in [4.69, 9.17) is 11.6 Å². The summed E-state index contributed by atoms with van der Waals surface area (Å²) in [7, 11) is -3.43. The van der Waals surface area contributed by atoms with Crippen LogP contribution in [-0.2, 0) is 9.84 Å². The van der Waals surface area contributed by atoms with Crippen molar-refractivity contribution in [3.05, 3.63) is 28.8 Å². The number of carbonyl (C=O) groups excluding carboxylic acids is 1. The molecule has 0 aromatic heterocycles. The van der Waals surface area contributed by atoms with Gasteiger partial charge in [-0.1, -0.05) is 24.4 Å². The third kappa shape index (κ3) is 3.48. The smallest absolute Gasteiger partial charge is 0.251 e. The van der Waals surface area contributed by atoms with Crippen LogP contribution < -0.4 is 5.32 Å². The van der Waals surface area contributed by atoms with Crippen LogP contribution in [0.5, 0.6) is 0 Å². The summed E-state index contributed by atoms with van der Waals surface area (Å²) in [5, 5.41) is 3.06. The van der Waals surface area contributed by atoms with E-state index >= 15 is 0 Å². The van der Waals surface area contributed by atoms with Crippen molar-refractivity contribution in [3.63, 3.8) is 0 Å². The predicted molar refractivity (Wildman–Crippen MR) is 74.3 cm³/mol. The van der Waals surface area contributed by atoms with Crippen molar-refractivity contribution in [2.75, 3.05) is 6.26 Å². The number of halogens is 1. The highest BCUT2D eigenvalue weighted by atomic mass is 35.5. The average Bonchev–Trinajstić information content (AvgIpc) is 2.80. The first-order valence-corrected chi connectivity index (χ1v) is 8.45. The summed E-state index contributed by atoms with van der Waals surface area (Å²) in [5.41, 5.74) is 0.330. The lowest BCUT2D eigenvalue weighted by Crippen LogP contribution is -2.32. The Morgan fingerprint density at radius 1 is 1.32 bits per heavy atom. The molecule has 0 bridgehead atoms. The normalized spacial score (nSPS) is 16.5. The van der Waals surface area contributed by atoms with E-state index in [-0.39, 0.29) is 21.9 Å². The monoisotopic (exact) mass is 301 g/mol. The van der Waals surface area contributed by atoms with E-state index < -0.39 is 9.84 Å². The third-order valence-corrected chi connectivity index (χ3v) is 4.86. The Balaban J connectivity index is 2.23. The maximum atomic E-state index is 12.0. The van der Waals surface area contributed by atoms with Crippen LogP contribution in [0.25, 0.3) is 0 Å². The highest BCUT2D eigenvalue weighted by Crippen LogP contribution is 2.23. The Kier molecular flexibility index (Phi) is 4.16. The highest BCUT2D eigenvalue weighted by molar-refractivity contribution is 7.90. The van der Waals surface area contributed by atoms with E-state index in [1.165, 1.54) is 12.1 Å². The minimum absolute atomic E-state index is 0.00626. The number of benzene rings is 1. The first kappa shape index (κ1) is 14.3. The van der Waals surface area contributed by atoms with Crippen molar-refractivity contribution in [1.29, 1.82) is 0 Å². The van der Waals surface area contributed by atoms with Gasteiger partial charge in [-0.2, -0.15) is 0 Å². The lowest BCUT2D eigenvalue weighted by molar-refractivity contribution is 0.0937. The van der Waals surface area contributed by atoms with Crippen molar-refractivity contribution in [3.8, 4) is 0 Å². The van der Waals surface area contributed by atoms with Crippen LogP contribution in [0.1, 0.15) is 36.0 Å². The van der Waals surface area contributed by atoms with Crippen molar-refractivity contribution in [1.82, 2.24) is 5.32 Å². The lowest BCUT2D eigenvalue weighted by Gasteiger charge is -2.12. The molecule has 0 spiro atoms. The summed E-state index contributed by atoms with van der Waals surface area (Å²) in [6.07, 6.45) is 5.30. The standard InChI is InChI=1S/C13H16ClNO3S/c1-19(17,18)12-8-9(6-7-11(12)14)13(16)15-10-4-2-3-5-10/h6-8,10H,2-5H2,1H3,(H,15,16). The minimum Gasteiger partial charge on any atom is -0.349 e. The zero-order valence-electron chi connectivity index (χ0n) is 10.6. The van der Waals surface area contributed by atoms with Gasteiger partial charge in [-0.25, -0.2) is 8.42 Å². The molecular weight excluding hydrogens is 286 g/mol. The van der Waals surface area contributed by atoms with Crippen molar-refractivity contribution >= 4 is 27.3 Å². The van der Waals surface area contributed by atoms with Crippen molar-refractivity contribution < 1.29 is 13.2 Å². The number of hydrogen-bond acceptors (Lipinski definition) is 3. The number of sulfone groups is 1. The second-order valence-electron chi connectivity index (χ2n) is 4.87. The SMILES string of the molecule is CS(=O)(=O)c1cc(C(=O)NC2CCCC2)ccc1Cl. The van der Waals surface area contributed by atoms with Gasteiger partial charge in [0.2, 0.25) is 0 Å². The number of amides is 1. The zero-order chi connectivity index (χ0) is 14.0. The Morgan fingerprint density at radius 2 is 1.95 bits per heavy atom. The molecule has 1 fully saturated rings. The van der Waals surface area contributed by atoms with E-state index in [1.807, 2.05) is 0 Å². The molecular formula is C13H16ClNO3S. The second kappa shape index (κ2) is 5.51. The molecule has 4 nitrogen and oxygen atoms in total. The highest BCUT2D eigenvalue weighted by Gasteiger charge is 2.20. The first-order chi connectivity index (χ1) is 8.88. The van der Waals surface area contributed by atoms with Crippen LogP contribution in [0.4, 0.5) is 0 Å². The van der Waals surface area contributed by atoms with Gasteiger partial charge in [0.05, 0.1) is 9.92 Å². The van der Waals surface area contributed by atoms with Gasteiger partial charge in [0.15, 0.2) is 9.84 Å². The Bertz CT molecular complexity index is 592. The van der Waals surface area contributed by atoms with Gasteiger partial charge in [-0.15, -0.1) is 0 Å². The second-order valence-corrected chi connectivity index (χ2v) is 7.26. The van der Waals surface area contributed by atoms with Crippen molar-refractivity contribution in [2.24, 2.45) is 0 Å². The molecule has 0 unspecified atom stereocenters. The van der Waals surface area contributed by atoms with Crippen LogP contribution >= 0.6 is 11.6 Å². The average molecular weight is 302 g/mol. The van der Waals surface area contributed by atoms with Gasteiger partial charge < -0.3 is 5.32 Å². The quantitative estimate of drug-likeness (QED) is 0.932. The van der Waals surface area contributed by atoms with Gasteiger partial charge in [-0.3, -0.25) is 4.79 Å². The minimum atomic E-state index is -3.43. The largest absolute Gasteiger partial charge is 0.349 e. The van der Waals surface area contributed by atoms with Crippen LogP contribution in [0.2, 0.25) is 5.02 Å². The Morgan fingerprint density at radius 3 is 2.53 bits per heavy atom. The Hall–Kier alpha value is -1.07. The number of hydrogen-bond donors (Lipinski definition) is 1. The first-order valence-electron chi connectivity index (χ1n) is 6.18. The van der Waals surface area contributed by atoms with Gasteiger partial charge >= 0.3 is 0 Å². The van der Waals surface area contributed by atoms with Crippen LogP contribution in [0.3, 0.4) is 0 Å². The molecule has 1 amide bonds. The van der Waals surface area contributed by atoms with E-state index in [2.05, 4.69) is 5.32 Å². The summed E-state index contributed by atoms with van der Waals surface area (Å²) in [5.74, 6) is -0.242. The van der Waals surface area contributed by atoms with Gasteiger partial charge in [-0.05, 0) is 31.0 Å². The molecule has 19 heavy (non-hydrogen) atoms. The Labute approximate surface area is 118 Å². The number of carbonyl (C=O) groups is 1. The van der Waals surface area contributed by atoms with Crippen LogP contribution in [0, 0.1) is 0 Å². The molecule has 0 saturated heterocycles. The summed E-state index contributed by atoms with van der Waals surface area (Å²) >= 11 is 5.84. The molecule has 0 aliphatic heterocycles.